The smallest absolute Gasteiger partial charge is 0.0589 e. The topological polar surface area (TPSA) is 15.7 Å². The Morgan fingerprint density at radius 3 is 3.00 bits per heavy atom. The van der Waals surface area contributed by atoms with Crippen LogP contribution in [0.2, 0.25) is 0 Å². The van der Waals surface area contributed by atoms with E-state index in [-0.39, 0.29) is 0 Å². The lowest BCUT2D eigenvalue weighted by molar-refractivity contribution is 0.137. The van der Waals surface area contributed by atoms with Gasteiger partial charge in [0.2, 0.25) is 0 Å². The molecular weight excluding hydrogens is 256 g/mol. The number of likely N-dealkylation sites (tertiary alicyclic amines) is 1. The SMILES string of the molecule is COCCN(CC[C@H]1CCCN1C)Cc1cccs1. The molecule has 0 radical (unpaired) electrons. The summed E-state index contributed by atoms with van der Waals surface area (Å²) in [5.74, 6) is 0. The standard InChI is InChI=1S/C15H26N2OS/c1-16-8-3-5-14(16)7-9-17(10-11-18-2)13-15-6-4-12-19-15/h4,6,12,14H,3,5,7-11,13H2,1-2H3/t14-/m1/s1. The number of rotatable bonds is 8. The zero-order chi connectivity index (χ0) is 13.5. The minimum atomic E-state index is 0.786. The van der Waals surface area contributed by atoms with E-state index < -0.39 is 0 Å². The Hall–Kier alpha value is -0.420. The maximum Gasteiger partial charge on any atom is 0.0589 e. The average Bonchev–Trinajstić information content (AvgIpc) is 3.04. The highest BCUT2D eigenvalue weighted by Crippen LogP contribution is 2.19. The summed E-state index contributed by atoms with van der Waals surface area (Å²) in [7, 11) is 4.05. The number of ether oxygens (including phenoxy) is 1. The number of methoxy groups -OCH3 is 1. The third-order valence-corrected chi connectivity index (χ3v) is 4.88. The van der Waals surface area contributed by atoms with Crippen LogP contribution in [0.5, 0.6) is 0 Å². The van der Waals surface area contributed by atoms with Crippen LogP contribution in [0.1, 0.15) is 24.1 Å². The van der Waals surface area contributed by atoms with Crippen LogP contribution in [0.25, 0.3) is 0 Å². The fraction of sp³-hybridized carbons (Fsp3) is 0.733. The normalized spacial score (nSPS) is 20.5. The number of thiophene rings is 1. The molecule has 0 saturated carbocycles. The summed E-state index contributed by atoms with van der Waals surface area (Å²) >= 11 is 1.85. The van der Waals surface area contributed by atoms with E-state index in [0.29, 0.717) is 0 Å². The van der Waals surface area contributed by atoms with Crippen molar-refractivity contribution >= 4 is 11.3 Å². The van der Waals surface area contributed by atoms with Crippen LogP contribution >= 0.6 is 11.3 Å². The highest BCUT2D eigenvalue weighted by atomic mass is 32.1. The van der Waals surface area contributed by atoms with Crippen molar-refractivity contribution in [3.05, 3.63) is 22.4 Å². The zero-order valence-electron chi connectivity index (χ0n) is 12.2. The van der Waals surface area contributed by atoms with Gasteiger partial charge >= 0.3 is 0 Å². The highest BCUT2D eigenvalue weighted by molar-refractivity contribution is 7.09. The zero-order valence-corrected chi connectivity index (χ0v) is 13.0. The Kier molecular flexibility index (Phi) is 6.31. The first kappa shape index (κ1) is 15.0. The first-order valence-electron chi connectivity index (χ1n) is 7.23. The highest BCUT2D eigenvalue weighted by Gasteiger charge is 2.21. The molecule has 0 aliphatic carbocycles. The van der Waals surface area contributed by atoms with E-state index in [9.17, 15) is 0 Å². The lowest BCUT2D eigenvalue weighted by Gasteiger charge is -2.25. The number of hydrogen-bond acceptors (Lipinski definition) is 4. The molecule has 1 saturated heterocycles. The Morgan fingerprint density at radius 2 is 2.37 bits per heavy atom. The predicted molar refractivity (Wildman–Crippen MR) is 81.7 cm³/mol. The molecule has 1 aromatic rings. The van der Waals surface area contributed by atoms with Gasteiger partial charge in [0.15, 0.2) is 0 Å². The van der Waals surface area contributed by atoms with Gasteiger partial charge < -0.3 is 9.64 Å². The van der Waals surface area contributed by atoms with Gasteiger partial charge in [-0.25, -0.2) is 0 Å². The van der Waals surface area contributed by atoms with E-state index in [1.165, 1.54) is 37.2 Å². The molecule has 0 amide bonds. The molecule has 1 aliphatic heterocycles. The van der Waals surface area contributed by atoms with Crippen LogP contribution in [0.3, 0.4) is 0 Å². The summed E-state index contributed by atoms with van der Waals surface area (Å²) in [4.78, 5) is 6.50. The predicted octanol–water partition coefficient (Wildman–Crippen LogP) is 2.68. The van der Waals surface area contributed by atoms with Gasteiger partial charge in [-0.05, 0) is 44.3 Å². The largest absolute Gasteiger partial charge is 0.383 e. The lowest BCUT2D eigenvalue weighted by Crippen LogP contribution is -2.33. The second-order valence-electron chi connectivity index (χ2n) is 5.41. The molecule has 0 N–H and O–H groups in total. The summed E-state index contributed by atoms with van der Waals surface area (Å²) in [5.41, 5.74) is 0. The van der Waals surface area contributed by atoms with Gasteiger partial charge in [-0.2, -0.15) is 0 Å². The van der Waals surface area contributed by atoms with E-state index >= 15 is 0 Å². The van der Waals surface area contributed by atoms with Gasteiger partial charge in [0, 0.05) is 37.7 Å². The van der Waals surface area contributed by atoms with E-state index in [2.05, 4.69) is 34.4 Å². The van der Waals surface area contributed by atoms with Gasteiger partial charge in [0.05, 0.1) is 6.61 Å². The number of nitrogens with zero attached hydrogens (tertiary/aromatic N) is 2. The summed E-state index contributed by atoms with van der Waals surface area (Å²) in [5, 5.41) is 2.16. The molecule has 1 atom stereocenters. The number of hydrogen-bond donors (Lipinski definition) is 0. The van der Waals surface area contributed by atoms with Crippen molar-refractivity contribution in [2.45, 2.75) is 31.8 Å². The fourth-order valence-electron chi connectivity index (χ4n) is 2.79. The summed E-state index contributed by atoms with van der Waals surface area (Å²) in [6.45, 7) is 5.37. The van der Waals surface area contributed by atoms with Gasteiger partial charge in [-0.3, -0.25) is 4.90 Å². The van der Waals surface area contributed by atoms with Crippen LogP contribution in [-0.2, 0) is 11.3 Å². The van der Waals surface area contributed by atoms with Crippen molar-refractivity contribution < 1.29 is 4.74 Å². The molecule has 19 heavy (non-hydrogen) atoms. The van der Waals surface area contributed by atoms with E-state index in [1.54, 1.807) is 7.11 Å². The quantitative estimate of drug-likeness (QED) is 0.729. The Morgan fingerprint density at radius 1 is 1.47 bits per heavy atom. The van der Waals surface area contributed by atoms with Gasteiger partial charge in [0.25, 0.3) is 0 Å². The molecule has 0 spiro atoms. The summed E-state index contributed by atoms with van der Waals surface area (Å²) < 4.78 is 5.24. The van der Waals surface area contributed by atoms with Crippen molar-refractivity contribution in [2.75, 3.05) is 40.4 Å². The molecule has 108 valence electrons. The van der Waals surface area contributed by atoms with E-state index in [0.717, 1.165) is 25.7 Å². The maximum absolute atomic E-state index is 5.24. The van der Waals surface area contributed by atoms with Crippen LogP contribution in [-0.4, -0.2) is 56.2 Å². The monoisotopic (exact) mass is 282 g/mol. The van der Waals surface area contributed by atoms with E-state index in [4.69, 9.17) is 4.74 Å². The molecule has 1 aliphatic rings. The van der Waals surface area contributed by atoms with Crippen molar-refractivity contribution in [1.29, 1.82) is 0 Å². The summed E-state index contributed by atoms with van der Waals surface area (Å²) in [6, 6.07) is 5.15. The van der Waals surface area contributed by atoms with Gasteiger partial charge in [-0.1, -0.05) is 6.07 Å². The first-order valence-corrected chi connectivity index (χ1v) is 8.11. The lowest BCUT2D eigenvalue weighted by atomic mass is 10.1. The van der Waals surface area contributed by atoms with Gasteiger partial charge in [-0.15, -0.1) is 11.3 Å². The Bertz CT molecular complexity index is 342. The Balaban J connectivity index is 1.79. The third kappa shape index (κ3) is 4.88. The van der Waals surface area contributed by atoms with Crippen LogP contribution in [0, 0.1) is 0 Å². The molecule has 2 heterocycles. The van der Waals surface area contributed by atoms with Crippen molar-refractivity contribution in [3.8, 4) is 0 Å². The molecule has 1 fully saturated rings. The average molecular weight is 282 g/mol. The molecule has 0 aromatic carbocycles. The summed E-state index contributed by atoms with van der Waals surface area (Å²) in [6.07, 6.45) is 4.02. The second kappa shape index (κ2) is 8.00. The molecule has 0 bridgehead atoms. The minimum absolute atomic E-state index is 0.786. The van der Waals surface area contributed by atoms with Crippen LogP contribution < -0.4 is 0 Å². The van der Waals surface area contributed by atoms with Crippen LogP contribution in [0.15, 0.2) is 17.5 Å². The molecule has 3 nitrogen and oxygen atoms in total. The molecule has 2 rings (SSSR count). The van der Waals surface area contributed by atoms with Crippen molar-refractivity contribution in [1.82, 2.24) is 9.80 Å². The molecule has 1 aromatic heterocycles. The van der Waals surface area contributed by atoms with E-state index in [1.807, 2.05) is 11.3 Å². The molecular formula is C15H26N2OS. The third-order valence-electron chi connectivity index (χ3n) is 4.02. The Labute approximate surface area is 121 Å². The molecule has 0 unspecified atom stereocenters. The van der Waals surface area contributed by atoms with Crippen LogP contribution in [0.4, 0.5) is 0 Å². The second-order valence-corrected chi connectivity index (χ2v) is 6.45. The van der Waals surface area contributed by atoms with Crippen molar-refractivity contribution in [2.24, 2.45) is 0 Å². The molecule has 4 heteroatoms. The maximum atomic E-state index is 5.24. The fourth-order valence-corrected chi connectivity index (χ4v) is 3.54. The van der Waals surface area contributed by atoms with Gasteiger partial charge in [0.1, 0.15) is 0 Å². The minimum Gasteiger partial charge on any atom is -0.383 e. The first-order chi connectivity index (χ1) is 9.29. The van der Waals surface area contributed by atoms with Crippen molar-refractivity contribution in [3.63, 3.8) is 0 Å².